The Kier molecular flexibility index (Phi) is 3.51. The average molecular weight is 274 g/mol. The second-order valence-electron chi connectivity index (χ2n) is 6.84. The minimum atomic E-state index is -0.208. The lowest BCUT2D eigenvalue weighted by Crippen LogP contribution is -2.56. The van der Waals surface area contributed by atoms with Crippen LogP contribution in [0.15, 0.2) is 24.3 Å². The lowest BCUT2D eigenvalue weighted by atomic mass is 9.94. The van der Waals surface area contributed by atoms with Crippen molar-refractivity contribution in [2.75, 3.05) is 0 Å². The third-order valence-electron chi connectivity index (χ3n) is 4.77. The van der Waals surface area contributed by atoms with Crippen LogP contribution in [0.5, 0.6) is 5.75 Å². The SMILES string of the molecule is CC1CCCC(C)N1NC1c2ccccc2OC1(C)C. The van der Waals surface area contributed by atoms with Gasteiger partial charge in [0.2, 0.25) is 0 Å². The molecule has 3 heteroatoms. The quantitative estimate of drug-likeness (QED) is 0.890. The number of rotatable bonds is 2. The molecule has 2 heterocycles. The predicted molar refractivity (Wildman–Crippen MR) is 81.6 cm³/mol. The molecule has 1 fully saturated rings. The molecule has 3 atom stereocenters. The van der Waals surface area contributed by atoms with E-state index in [0.717, 1.165) is 5.75 Å². The Morgan fingerprint density at radius 2 is 1.80 bits per heavy atom. The van der Waals surface area contributed by atoms with Crippen molar-refractivity contribution in [3.8, 4) is 5.75 Å². The maximum atomic E-state index is 6.13. The number of ether oxygens (including phenoxy) is 1. The monoisotopic (exact) mass is 274 g/mol. The molecule has 0 aliphatic carbocycles. The standard InChI is InChI=1S/C17H26N2O/c1-12-8-7-9-13(2)19(12)18-16-14-10-5-6-11-15(14)20-17(16,3)4/h5-6,10-13,16,18H,7-9H2,1-4H3. The van der Waals surface area contributed by atoms with Gasteiger partial charge in [0.25, 0.3) is 0 Å². The average Bonchev–Trinajstić information content (AvgIpc) is 2.64. The Morgan fingerprint density at radius 1 is 1.15 bits per heavy atom. The number of fused-ring (bicyclic) bond motifs is 1. The molecule has 1 aromatic carbocycles. The Balaban J connectivity index is 1.85. The number of piperidine rings is 1. The van der Waals surface area contributed by atoms with Gasteiger partial charge in [0.1, 0.15) is 11.4 Å². The summed E-state index contributed by atoms with van der Waals surface area (Å²) in [6.45, 7) is 8.97. The van der Waals surface area contributed by atoms with Gasteiger partial charge in [-0.2, -0.15) is 0 Å². The van der Waals surface area contributed by atoms with Crippen LogP contribution in [-0.4, -0.2) is 22.7 Å². The van der Waals surface area contributed by atoms with Crippen LogP contribution in [0.2, 0.25) is 0 Å². The van der Waals surface area contributed by atoms with Crippen LogP contribution in [0.4, 0.5) is 0 Å². The fourth-order valence-corrected chi connectivity index (χ4v) is 3.58. The van der Waals surface area contributed by atoms with Gasteiger partial charge >= 0.3 is 0 Å². The van der Waals surface area contributed by atoms with Crippen molar-refractivity contribution in [1.82, 2.24) is 10.4 Å². The van der Waals surface area contributed by atoms with Crippen LogP contribution in [0.1, 0.15) is 58.6 Å². The minimum absolute atomic E-state index is 0.208. The number of nitrogens with zero attached hydrogens (tertiary/aromatic N) is 1. The van der Waals surface area contributed by atoms with Crippen molar-refractivity contribution in [3.63, 3.8) is 0 Å². The van der Waals surface area contributed by atoms with Crippen molar-refractivity contribution >= 4 is 0 Å². The highest BCUT2D eigenvalue weighted by Gasteiger charge is 2.43. The Morgan fingerprint density at radius 3 is 2.50 bits per heavy atom. The molecule has 3 nitrogen and oxygen atoms in total. The molecule has 1 aromatic rings. The first-order chi connectivity index (χ1) is 9.49. The Hall–Kier alpha value is -1.06. The maximum Gasteiger partial charge on any atom is 0.125 e. The summed E-state index contributed by atoms with van der Waals surface area (Å²) >= 11 is 0. The summed E-state index contributed by atoms with van der Waals surface area (Å²) in [5, 5.41) is 2.45. The highest BCUT2D eigenvalue weighted by molar-refractivity contribution is 5.42. The third-order valence-corrected chi connectivity index (χ3v) is 4.77. The molecule has 20 heavy (non-hydrogen) atoms. The number of benzene rings is 1. The molecular formula is C17H26N2O. The van der Waals surface area contributed by atoms with Gasteiger partial charge < -0.3 is 4.74 Å². The summed E-state index contributed by atoms with van der Waals surface area (Å²) in [4.78, 5) is 0. The van der Waals surface area contributed by atoms with Gasteiger partial charge in [-0.15, -0.1) is 0 Å². The lowest BCUT2D eigenvalue weighted by Gasteiger charge is -2.42. The molecule has 0 radical (unpaired) electrons. The zero-order valence-corrected chi connectivity index (χ0v) is 13.0. The Labute approximate surface area is 122 Å². The highest BCUT2D eigenvalue weighted by Crippen LogP contribution is 2.43. The van der Waals surface area contributed by atoms with E-state index >= 15 is 0 Å². The first-order valence-corrected chi connectivity index (χ1v) is 7.81. The number of hydrogen-bond acceptors (Lipinski definition) is 3. The van der Waals surface area contributed by atoms with Crippen LogP contribution in [0.3, 0.4) is 0 Å². The van der Waals surface area contributed by atoms with E-state index in [1.165, 1.54) is 24.8 Å². The van der Waals surface area contributed by atoms with Crippen LogP contribution in [0, 0.1) is 0 Å². The molecule has 0 aromatic heterocycles. The van der Waals surface area contributed by atoms with Crippen molar-refractivity contribution in [2.45, 2.75) is 70.7 Å². The fraction of sp³-hybridized carbons (Fsp3) is 0.647. The summed E-state index contributed by atoms with van der Waals surface area (Å²) in [6.07, 6.45) is 3.88. The first kappa shape index (κ1) is 13.9. The van der Waals surface area contributed by atoms with Crippen LogP contribution in [-0.2, 0) is 0 Å². The van der Waals surface area contributed by atoms with E-state index in [2.05, 4.69) is 56.3 Å². The largest absolute Gasteiger partial charge is 0.485 e. The second kappa shape index (κ2) is 5.05. The predicted octanol–water partition coefficient (Wildman–Crippen LogP) is 3.67. The number of hydrazine groups is 1. The molecule has 0 bridgehead atoms. The molecule has 0 amide bonds. The number of hydrogen-bond donors (Lipinski definition) is 1. The number of nitrogens with one attached hydrogen (secondary N) is 1. The molecule has 1 saturated heterocycles. The van der Waals surface area contributed by atoms with Crippen molar-refractivity contribution in [3.05, 3.63) is 29.8 Å². The van der Waals surface area contributed by atoms with Crippen LogP contribution in [0.25, 0.3) is 0 Å². The summed E-state index contributed by atoms with van der Waals surface area (Å²) in [6, 6.07) is 9.79. The third kappa shape index (κ3) is 2.33. The zero-order valence-electron chi connectivity index (χ0n) is 13.0. The van der Waals surface area contributed by atoms with Gasteiger partial charge in [-0.05, 0) is 46.6 Å². The van der Waals surface area contributed by atoms with Gasteiger partial charge in [-0.25, -0.2) is 10.4 Å². The molecule has 3 rings (SSSR count). The van der Waals surface area contributed by atoms with Gasteiger partial charge in [0, 0.05) is 17.6 Å². The summed E-state index contributed by atoms with van der Waals surface area (Å²) in [7, 11) is 0. The number of para-hydroxylation sites is 1. The molecule has 0 saturated carbocycles. The zero-order chi connectivity index (χ0) is 14.3. The lowest BCUT2D eigenvalue weighted by molar-refractivity contribution is -0.0108. The Bertz CT molecular complexity index is 476. The van der Waals surface area contributed by atoms with E-state index in [-0.39, 0.29) is 11.6 Å². The summed E-state index contributed by atoms with van der Waals surface area (Å²) in [5.41, 5.74) is 4.84. The molecule has 110 valence electrons. The minimum Gasteiger partial charge on any atom is -0.485 e. The van der Waals surface area contributed by atoms with E-state index in [4.69, 9.17) is 4.74 Å². The molecule has 2 aliphatic rings. The van der Waals surface area contributed by atoms with Crippen molar-refractivity contribution < 1.29 is 4.74 Å². The van der Waals surface area contributed by atoms with Crippen LogP contribution >= 0.6 is 0 Å². The van der Waals surface area contributed by atoms with Crippen LogP contribution < -0.4 is 10.2 Å². The topological polar surface area (TPSA) is 24.5 Å². The second-order valence-corrected chi connectivity index (χ2v) is 6.84. The molecule has 0 spiro atoms. The van der Waals surface area contributed by atoms with Crippen molar-refractivity contribution in [1.29, 1.82) is 0 Å². The molecule has 3 unspecified atom stereocenters. The van der Waals surface area contributed by atoms with Gasteiger partial charge in [0.05, 0.1) is 6.04 Å². The molecular weight excluding hydrogens is 248 g/mol. The fourth-order valence-electron chi connectivity index (χ4n) is 3.58. The van der Waals surface area contributed by atoms with E-state index in [0.29, 0.717) is 12.1 Å². The normalized spacial score (nSPS) is 32.7. The molecule has 2 aliphatic heterocycles. The van der Waals surface area contributed by atoms with E-state index in [1.54, 1.807) is 0 Å². The van der Waals surface area contributed by atoms with Crippen molar-refractivity contribution in [2.24, 2.45) is 0 Å². The van der Waals surface area contributed by atoms with E-state index < -0.39 is 0 Å². The highest BCUT2D eigenvalue weighted by atomic mass is 16.5. The molecule has 1 N–H and O–H groups in total. The van der Waals surface area contributed by atoms with Gasteiger partial charge in [-0.3, -0.25) is 0 Å². The van der Waals surface area contributed by atoms with E-state index in [9.17, 15) is 0 Å². The van der Waals surface area contributed by atoms with Gasteiger partial charge in [0.15, 0.2) is 0 Å². The van der Waals surface area contributed by atoms with E-state index in [1.807, 2.05) is 6.07 Å². The summed E-state index contributed by atoms with van der Waals surface area (Å²) in [5.74, 6) is 1.02. The smallest absolute Gasteiger partial charge is 0.125 e. The summed E-state index contributed by atoms with van der Waals surface area (Å²) < 4.78 is 6.13. The maximum absolute atomic E-state index is 6.13. The first-order valence-electron chi connectivity index (χ1n) is 7.81. The van der Waals surface area contributed by atoms with Gasteiger partial charge in [-0.1, -0.05) is 24.6 Å².